The van der Waals surface area contributed by atoms with Crippen molar-refractivity contribution in [1.82, 2.24) is 9.97 Å². The lowest BCUT2D eigenvalue weighted by atomic mass is 10.1. The van der Waals surface area contributed by atoms with E-state index >= 15 is 0 Å². The minimum Gasteiger partial charge on any atom is -0.471 e. The molecule has 0 unspecified atom stereocenters. The molecule has 3 heterocycles. The van der Waals surface area contributed by atoms with Crippen LogP contribution < -0.4 is 4.74 Å². The summed E-state index contributed by atoms with van der Waals surface area (Å²) in [5.41, 5.74) is 0.108. The van der Waals surface area contributed by atoms with E-state index in [9.17, 15) is 18.8 Å². The van der Waals surface area contributed by atoms with E-state index in [1.807, 2.05) is 0 Å². The van der Waals surface area contributed by atoms with Crippen LogP contribution in [0.25, 0.3) is 11.3 Å². The van der Waals surface area contributed by atoms with Gasteiger partial charge in [0.15, 0.2) is 29.5 Å². The zero-order valence-corrected chi connectivity index (χ0v) is 18.3. The maximum atomic E-state index is 14.5. The van der Waals surface area contributed by atoms with Crippen molar-refractivity contribution in [2.24, 2.45) is 0 Å². The predicted molar refractivity (Wildman–Crippen MR) is 111 cm³/mol. The lowest BCUT2D eigenvalue weighted by Crippen LogP contribution is -2.55. The summed E-state index contributed by atoms with van der Waals surface area (Å²) in [4.78, 5) is 42.8. The van der Waals surface area contributed by atoms with Crippen LogP contribution in [0.4, 0.5) is 4.39 Å². The Morgan fingerprint density at radius 1 is 1.00 bits per heavy atom. The lowest BCUT2D eigenvalue weighted by Gasteiger charge is -2.39. The quantitative estimate of drug-likeness (QED) is 0.359. The number of halogens is 1. The Balaban J connectivity index is 1.91. The third-order valence-corrected chi connectivity index (χ3v) is 5.53. The van der Waals surface area contributed by atoms with Crippen LogP contribution in [0.2, 0.25) is 0 Å². The average Bonchev–Trinajstić information content (AvgIpc) is 2.73. The highest BCUT2D eigenvalue weighted by Gasteiger charge is 2.48. The van der Waals surface area contributed by atoms with Gasteiger partial charge >= 0.3 is 17.9 Å². The molecule has 1 fully saturated rings. The Hall–Kier alpha value is -3.21. The number of nitrogens with zero attached hydrogens (tertiary/aromatic N) is 2. The van der Waals surface area contributed by atoms with Gasteiger partial charge in [-0.1, -0.05) is 6.07 Å². The standard InChI is InChI=1S/C21H21FN2O7S/c1-11(25)28-17-10-32-21(19(30-13(3)27)18(17)29-12(2)26)31-16-8-14(9-24-20(16)22)15-6-4-5-7-23-15/h4-9,17-19,21H,10H2,1-3H3/t17-,18+,19-,21-/m1/s1. The van der Waals surface area contributed by atoms with Crippen molar-refractivity contribution in [1.29, 1.82) is 0 Å². The highest BCUT2D eigenvalue weighted by Crippen LogP contribution is 2.35. The zero-order chi connectivity index (χ0) is 23.3. The van der Waals surface area contributed by atoms with Gasteiger partial charge in [-0.05, 0) is 18.2 Å². The predicted octanol–water partition coefficient (Wildman–Crippen LogP) is 2.53. The van der Waals surface area contributed by atoms with E-state index in [2.05, 4.69) is 9.97 Å². The van der Waals surface area contributed by atoms with Gasteiger partial charge in [0, 0.05) is 44.5 Å². The van der Waals surface area contributed by atoms with E-state index in [0.717, 1.165) is 11.8 Å². The maximum Gasteiger partial charge on any atom is 0.303 e. The van der Waals surface area contributed by atoms with Crippen LogP contribution in [-0.4, -0.2) is 57.4 Å². The van der Waals surface area contributed by atoms with Gasteiger partial charge in [-0.25, -0.2) is 4.98 Å². The zero-order valence-electron chi connectivity index (χ0n) is 17.5. The van der Waals surface area contributed by atoms with Crippen LogP contribution in [0.1, 0.15) is 20.8 Å². The Bertz CT molecular complexity index is 991. The number of thioether (sulfide) groups is 1. The van der Waals surface area contributed by atoms with Gasteiger partial charge in [-0.2, -0.15) is 4.39 Å². The molecule has 32 heavy (non-hydrogen) atoms. The molecule has 0 saturated carbocycles. The van der Waals surface area contributed by atoms with E-state index in [1.54, 1.807) is 24.4 Å². The van der Waals surface area contributed by atoms with Crippen LogP contribution in [0, 0.1) is 5.95 Å². The molecule has 0 bridgehead atoms. The summed E-state index contributed by atoms with van der Waals surface area (Å²) >= 11 is 1.12. The molecule has 0 amide bonds. The first kappa shape index (κ1) is 23.5. The number of esters is 3. The minimum absolute atomic E-state index is 0.162. The topological polar surface area (TPSA) is 114 Å². The van der Waals surface area contributed by atoms with Crippen molar-refractivity contribution in [3.8, 4) is 17.0 Å². The second-order valence-electron chi connectivity index (χ2n) is 6.84. The maximum absolute atomic E-state index is 14.5. The second-order valence-corrected chi connectivity index (χ2v) is 7.97. The Morgan fingerprint density at radius 2 is 1.69 bits per heavy atom. The summed E-state index contributed by atoms with van der Waals surface area (Å²) in [5.74, 6) is -2.85. The molecule has 9 nitrogen and oxygen atoms in total. The molecule has 3 rings (SSSR count). The van der Waals surface area contributed by atoms with Crippen molar-refractivity contribution < 1.29 is 37.7 Å². The van der Waals surface area contributed by atoms with Gasteiger partial charge in [-0.15, -0.1) is 11.8 Å². The first-order valence-electron chi connectivity index (χ1n) is 9.61. The smallest absolute Gasteiger partial charge is 0.303 e. The molecule has 0 spiro atoms. The van der Waals surface area contributed by atoms with Crippen LogP contribution >= 0.6 is 11.8 Å². The molecule has 1 saturated heterocycles. The average molecular weight is 464 g/mol. The van der Waals surface area contributed by atoms with Crippen LogP contribution in [0.15, 0.2) is 36.7 Å². The number of hydrogen-bond acceptors (Lipinski definition) is 10. The van der Waals surface area contributed by atoms with Crippen molar-refractivity contribution >= 4 is 29.7 Å². The van der Waals surface area contributed by atoms with Gasteiger partial charge in [0.2, 0.25) is 0 Å². The second kappa shape index (κ2) is 10.4. The molecule has 1 aliphatic heterocycles. The first-order chi connectivity index (χ1) is 15.2. The number of aromatic nitrogens is 2. The van der Waals surface area contributed by atoms with Crippen molar-refractivity contribution in [3.05, 3.63) is 42.6 Å². The number of pyridine rings is 2. The Morgan fingerprint density at radius 3 is 2.31 bits per heavy atom. The van der Waals surface area contributed by atoms with Crippen molar-refractivity contribution in [2.75, 3.05) is 5.75 Å². The molecule has 2 aromatic rings. The molecule has 170 valence electrons. The fourth-order valence-electron chi connectivity index (χ4n) is 3.12. The Labute approximate surface area is 187 Å². The molecule has 0 radical (unpaired) electrons. The molecule has 0 N–H and O–H groups in total. The molecule has 4 atom stereocenters. The lowest BCUT2D eigenvalue weighted by molar-refractivity contribution is -0.186. The summed E-state index contributed by atoms with van der Waals surface area (Å²) in [7, 11) is 0. The minimum atomic E-state index is -1.17. The van der Waals surface area contributed by atoms with E-state index in [0.29, 0.717) is 11.3 Å². The molecule has 2 aromatic heterocycles. The van der Waals surface area contributed by atoms with Gasteiger partial charge in [0.05, 0.1) is 5.69 Å². The summed E-state index contributed by atoms with van der Waals surface area (Å²) < 4.78 is 36.2. The van der Waals surface area contributed by atoms with Crippen LogP contribution in [0.3, 0.4) is 0 Å². The van der Waals surface area contributed by atoms with Crippen molar-refractivity contribution in [2.45, 2.75) is 44.5 Å². The molecule has 0 aromatic carbocycles. The van der Waals surface area contributed by atoms with E-state index in [1.165, 1.54) is 33.0 Å². The molecule has 0 aliphatic carbocycles. The van der Waals surface area contributed by atoms with E-state index < -0.39 is 47.6 Å². The largest absolute Gasteiger partial charge is 0.471 e. The third kappa shape index (κ3) is 5.94. The summed E-state index contributed by atoms with van der Waals surface area (Å²) in [6.45, 7) is 3.56. The fourth-order valence-corrected chi connectivity index (χ4v) is 4.33. The summed E-state index contributed by atoms with van der Waals surface area (Å²) in [5, 5.41) is 0. The highest BCUT2D eigenvalue weighted by molar-refractivity contribution is 7.99. The van der Waals surface area contributed by atoms with Crippen LogP contribution in [-0.2, 0) is 28.6 Å². The SMILES string of the molecule is CC(=O)O[C@@H]1[C@@H](OC(C)=O)[C@H](OC(C)=O)CS[C@H]1Oc1cc(-c2ccccn2)cnc1F. The van der Waals surface area contributed by atoms with Gasteiger partial charge in [0.25, 0.3) is 5.95 Å². The monoisotopic (exact) mass is 464 g/mol. The summed E-state index contributed by atoms with van der Waals surface area (Å²) in [6.07, 6.45) is -0.279. The number of carbonyl (C=O) groups is 3. The number of rotatable bonds is 6. The molecular formula is C21H21FN2O7S. The van der Waals surface area contributed by atoms with Crippen molar-refractivity contribution in [3.63, 3.8) is 0 Å². The number of ether oxygens (including phenoxy) is 4. The summed E-state index contributed by atoms with van der Waals surface area (Å²) in [6, 6.07) is 6.68. The first-order valence-corrected chi connectivity index (χ1v) is 10.7. The molecule has 1 aliphatic rings. The van der Waals surface area contributed by atoms with Gasteiger partial charge in [0.1, 0.15) is 0 Å². The highest BCUT2D eigenvalue weighted by atomic mass is 32.2. The normalized spacial score (nSPS) is 22.5. The number of hydrogen-bond donors (Lipinski definition) is 0. The van der Waals surface area contributed by atoms with Gasteiger partial charge in [-0.3, -0.25) is 19.4 Å². The fraction of sp³-hybridized carbons (Fsp3) is 0.381. The van der Waals surface area contributed by atoms with Gasteiger partial charge < -0.3 is 18.9 Å². The Kier molecular flexibility index (Phi) is 7.62. The molecular weight excluding hydrogens is 443 g/mol. The molecule has 11 heteroatoms. The third-order valence-electron chi connectivity index (χ3n) is 4.32. The van der Waals surface area contributed by atoms with E-state index in [4.69, 9.17) is 18.9 Å². The number of carbonyl (C=O) groups excluding carboxylic acids is 3. The van der Waals surface area contributed by atoms with Crippen LogP contribution in [0.5, 0.6) is 5.75 Å². The van der Waals surface area contributed by atoms with E-state index in [-0.39, 0.29) is 11.5 Å².